The molecule has 0 heterocycles. The highest BCUT2D eigenvalue weighted by atomic mass is 32.2. The third-order valence-electron chi connectivity index (χ3n) is 2.54. The molecule has 0 saturated heterocycles. The lowest BCUT2D eigenvalue weighted by molar-refractivity contribution is 0.446. The van der Waals surface area contributed by atoms with Crippen LogP contribution < -0.4 is 4.72 Å². The number of unbranched alkanes of at least 4 members (excludes halogenated alkanes) is 1. The molecule has 5 heteroatoms. The molecule has 0 fully saturated rings. The second-order valence-corrected chi connectivity index (χ2v) is 5.52. The monoisotopic (exact) mass is 232 g/mol. The van der Waals surface area contributed by atoms with E-state index in [-0.39, 0.29) is 5.75 Å². The van der Waals surface area contributed by atoms with Crippen LogP contribution in [0.25, 0.3) is 0 Å². The predicted molar refractivity (Wildman–Crippen MR) is 60.8 cm³/mol. The van der Waals surface area contributed by atoms with Gasteiger partial charge in [0.05, 0.1) is 11.8 Å². The van der Waals surface area contributed by atoms with E-state index in [1.807, 2.05) is 20.8 Å². The topological polar surface area (TPSA) is 70.0 Å². The summed E-state index contributed by atoms with van der Waals surface area (Å²) in [5, 5.41) is 8.99. The average molecular weight is 232 g/mol. The van der Waals surface area contributed by atoms with Gasteiger partial charge in [0.15, 0.2) is 0 Å². The normalized spacial score (nSPS) is 12.4. The molecule has 0 aliphatic rings. The van der Waals surface area contributed by atoms with Crippen molar-refractivity contribution in [2.45, 2.75) is 52.0 Å². The van der Waals surface area contributed by atoms with Gasteiger partial charge < -0.3 is 0 Å². The van der Waals surface area contributed by atoms with Crippen LogP contribution in [0.15, 0.2) is 0 Å². The Hall–Kier alpha value is -0.600. The summed E-state index contributed by atoms with van der Waals surface area (Å²) < 4.78 is 25.7. The Kier molecular flexibility index (Phi) is 5.84. The maximum absolute atomic E-state index is 11.6. The van der Waals surface area contributed by atoms with Gasteiger partial charge in [-0.2, -0.15) is 9.98 Å². The van der Waals surface area contributed by atoms with Crippen LogP contribution in [-0.4, -0.2) is 19.7 Å². The van der Waals surface area contributed by atoms with E-state index in [4.69, 9.17) is 5.26 Å². The van der Waals surface area contributed by atoms with Crippen molar-refractivity contribution in [2.24, 2.45) is 0 Å². The number of nitrogens with one attached hydrogen (secondary N) is 1. The summed E-state index contributed by atoms with van der Waals surface area (Å²) in [6.45, 7) is 5.57. The lowest BCUT2D eigenvalue weighted by Crippen LogP contribution is -2.47. The molecule has 0 saturated carbocycles. The summed E-state index contributed by atoms with van der Waals surface area (Å²) in [5.74, 6) is 0.104. The van der Waals surface area contributed by atoms with Crippen LogP contribution in [0, 0.1) is 11.3 Å². The van der Waals surface area contributed by atoms with E-state index in [0.29, 0.717) is 19.3 Å². The maximum Gasteiger partial charge on any atom is 0.212 e. The Morgan fingerprint density at radius 2 is 1.80 bits per heavy atom. The van der Waals surface area contributed by atoms with Gasteiger partial charge in [0.1, 0.15) is 5.54 Å². The number of sulfonamides is 1. The van der Waals surface area contributed by atoms with Crippen LogP contribution in [0.1, 0.15) is 46.5 Å². The number of nitriles is 1. The van der Waals surface area contributed by atoms with E-state index in [0.717, 1.165) is 6.42 Å². The molecule has 0 aromatic carbocycles. The highest BCUT2D eigenvalue weighted by molar-refractivity contribution is 7.89. The van der Waals surface area contributed by atoms with Gasteiger partial charge in [-0.05, 0) is 19.3 Å². The van der Waals surface area contributed by atoms with Gasteiger partial charge in [-0.1, -0.05) is 27.2 Å². The maximum atomic E-state index is 11.6. The molecule has 15 heavy (non-hydrogen) atoms. The third kappa shape index (κ3) is 4.63. The van der Waals surface area contributed by atoms with Crippen molar-refractivity contribution >= 4 is 10.0 Å². The fourth-order valence-electron chi connectivity index (χ4n) is 1.26. The minimum absolute atomic E-state index is 0.104. The van der Waals surface area contributed by atoms with Gasteiger partial charge in [0.2, 0.25) is 10.0 Å². The van der Waals surface area contributed by atoms with Crippen LogP contribution in [-0.2, 0) is 10.0 Å². The fraction of sp³-hybridized carbons (Fsp3) is 0.900. The van der Waals surface area contributed by atoms with E-state index in [1.54, 1.807) is 0 Å². The molecule has 0 radical (unpaired) electrons. The molecule has 0 unspecified atom stereocenters. The fourth-order valence-corrected chi connectivity index (χ4v) is 2.96. The standard InChI is InChI=1S/C10H20N2O2S/c1-4-7-8-15(13,14)12-10(5-2,6-3)9-11/h12H,4-8H2,1-3H3. The summed E-state index contributed by atoms with van der Waals surface area (Å²) >= 11 is 0. The lowest BCUT2D eigenvalue weighted by Gasteiger charge is -2.24. The predicted octanol–water partition coefficient (Wildman–Crippen LogP) is 1.79. The van der Waals surface area contributed by atoms with Crippen LogP contribution >= 0.6 is 0 Å². The van der Waals surface area contributed by atoms with Crippen molar-refractivity contribution in [3.05, 3.63) is 0 Å². The van der Waals surface area contributed by atoms with Crippen molar-refractivity contribution in [3.63, 3.8) is 0 Å². The van der Waals surface area contributed by atoms with Crippen LogP contribution in [0.4, 0.5) is 0 Å². The van der Waals surface area contributed by atoms with Gasteiger partial charge in [0.25, 0.3) is 0 Å². The quantitative estimate of drug-likeness (QED) is 0.727. The largest absolute Gasteiger partial charge is 0.212 e. The van der Waals surface area contributed by atoms with E-state index in [1.165, 1.54) is 0 Å². The first-order valence-corrected chi connectivity index (χ1v) is 7.03. The number of hydrogen-bond donors (Lipinski definition) is 1. The minimum atomic E-state index is -3.31. The smallest absolute Gasteiger partial charge is 0.212 e. The van der Waals surface area contributed by atoms with Crippen LogP contribution in [0.5, 0.6) is 0 Å². The van der Waals surface area contributed by atoms with Gasteiger partial charge in [-0.15, -0.1) is 0 Å². The van der Waals surface area contributed by atoms with E-state index < -0.39 is 15.6 Å². The molecule has 0 bridgehead atoms. The van der Waals surface area contributed by atoms with E-state index >= 15 is 0 Å². The molecule has 1 N–H and O–H groups in total. The SMILES string of the molecule is CCCCS(=O)(=O)NC(C#N)(CC)CC. The Morgan fingerprint density at radius 3 is 2.13 bits per heavy atom. The molecule has 4 nitrogen and oxygen atoms in total. The minimum Gasteiger partial charge on any atom is -0.212 e. The molecule has 0 spiro atoms. The Balaban J connectivity index is 4.62. The van der Waals surface area contributed by atoms with Gasteiger partial charge in [-0.3, -0.25) is 0 Å². The van der Waals surface area contributed by atoms with E-state index in [2.05, 4.69) is 10.8 Å². The van der Waals surface area contributed by atoms with E-state index in [9.17, 15) is 8.42 Å². The zero-order valence-corrected chi connectivity index (χ0v) is 10.5. The summed E-state index contributed by atoms with van der Waals surface area (Å²) in [6, 6.07) is 2.06. The lowest BCUT2D eigenvalue weighted by atomic mass is 9.97. The van der Waals surface area contributed by atoms with Crippen LogP contribution in [0.2, 0.25) is 0 Å². The molecular weight excluding hydrogens is 212 g/mol. The summed E-state index contributed by atoms with van der Waals surface area (Å²) in [5.41, 5.74) is -0.924. The summed E-state index contributed by atoms with van der Waals surface area (Å²) in [4.78, 5) is 0. The van der Waals surface area contributed by atoms with Gasteiger partial charge in [-0.25, -0.2) is 8.42 Å². The summed E-state index contributed by atoms with van der Waals surface area (Å²) in [7, 11) is -3.31. The zero-order chi connectivity index (χ0) is 11.9. The third-order valence-corrected chi connectivity index (χ3v) is 4.07. The average Bonchev–Trinajstić information content (AvgIpc) is 2.23. The molecule has 0 aromatic rings. The second kappa shape index (κ2) is 6.09. The first-order chi connectivity index (χ1) is 6.95. The molecule has 0 atom stereocenters. The Labute approximate surface area is 92.7 Å². The zero-order valence-electron chi connectivity index (χ0n) is 9.71. The Bertz CT molecular complexity index is 313. The first kappa shape index (κ1) is 14.4. The number of hydrogen-bond acceptors (Lipinski definition) is 3. The molecule has 0 aliphatic heterocycles. The van der Waals surface area contributed by atoms with Gasteiger partial charge >= 0.3 is 0 Å². The molecule has 0 aliphatic carbocycles. The van der Waals surface area contributed by atoms with Crippen molar-refractivity contribution in [1.82, 2.24) is 4.72 Å². The first-order valence-electron chi connectivity index (χ1n) is 5.38. The highest BCUT2D eigenvalue weighted by Gasteiger charge is 2.30. The molecule has 0 aromatic heterocycles. The number of nitrogens with zero attached hydrogens (tertiary/aromatic N) is 1. The van der Waals surface area contributed by atoms with Crippen molar-refractivity contribution < 1.29 is 8.42 Å². The molecule has 88 valence electrons. The van der Waals surface area contributed by atoms with Crippen molar-refractivity contribution in [3.8, 4) is 6.07 Å². The van der Waals surface area contributed by atoms with Crippen LogP contribution in [0.3, 0.4) is 0 Å². The molecule has 0 rings (SSSR count). The van der Waals surface area contributed by atoms with Crippen molar-refractivity contribution in [2.75, 3.05) is 5.75 Å². The van der Waals surface area contributed by atoms with Crippen molar-refractivity contribution in [1.29, 1.82) is 5.26 Å². The molecule has 0 amide bonds. The Morgan fingerprint density at radius 1 is 1.27 bits per heavy atom. The highest BCUT2D eigenvalue weighted by Crippen LogP contribution is 2.15. The summed E-state index contributed by atoms with van der Waals surface area (Å²) in [6.07, 6.45) is 2.44. The second-order valence-electron chi connectivity index (χ2n) is 3.68. The molecular formula is C10H20N2O2S. The number of rotatable bonds is 7. The van der Waals surface area contributed by atoms with Gasteiger partial charge in [0, 0.05) is 0 Å².